The quantitative estimate of drug-likeness (QED) is 0.850. The van der Waals surface area contributed by atoms with E-state index in [0.29, 0.717) is 12.0 Å². The molecule has 0 aromatic heterocycles. The molecule has 0 spiro atoms. The van der Waals surface area contributed by atoms with Crippen LogP contribution in [0, 0.1) is 5.92 Å². The van der Waals surface area contributed by atoms with Crippen molar-refractivity contribution in [2.75, 3.05) is 26.7 Å². The molecular formula is C14H18N2O2. The minimum absolute atomic E-state index is 0.130. The molecule has 2 saturated heterocycles. The molecule has 0 aliphatic carbocycles. The average Bonchev–Trinajstić information content (AvgIpc) is 3.00. The van der Waals surface area contributed by atoms with Crippen LogP contribution in [0.3, 0.4) is 0 Å². The number of ether oxygens (including phenoxy) is 1. The zero-order valence-electron chi connectivity index (χ0n) is 10.6. The zero-order chi connectivity index (χ0) is 12.5. The van der Waals surface area contributed by atoms with Crippen molar-refractivity contribution < 1.29 is 9.53 Å². The van der Waals surface area contributed by atoms with Crippen LogP contribution in [0.25, 0.3) is 0 Å². The van der Waals surface area contributed by atoms with Crippen molar-refractivity contribution in [1.29, 1.82) is 0 Å². The number of nitrogens with one attached hydrogen (secondary N) is 1. The summed E-state index contributed by atoms with van der Waals surface area (Å²) in [4.78, 5) is 14.5. The third-order valence-electron chi connectivity index (χ3n) is 4.02. The van der Waals surface area contributed by atoms with E-state index in [2.05, 4.69) is 5.32 Å². The number of hydrogen-bond acceptors (Lipinski definition) is 3. The zero-order valence-corrected chi connectivity index (χ0v) is 10.6. The van der Waals surface area contributed by atoms with E-state index in [1.54, 1.807) is 7.11 Å². The van der Waals surface area contributed by atoms with E-state index in [9.17, 15) is 4.79 Å². The molecule has 4 nitrogen and oxygen atoms in total. The molecule has 2 aliphatic heterocycles. The number of likely N-dealkylation sites (tertiary alicyclic amines) is 1. The normalized spacial score (nSPS) is 26.2. The first kappa shape index (κ1) is 11.5. The lowest BCUT2D eigenvalue weighted by Crippen LogP contribution is -2.39. The Hall–Kier alpha value is -1.55. The average molecular weight is 246 g/mol. The van der Waals surface area contributed by atoms with Gasteiger partial charge < -0.3 is 15.0 Å². The van der Waals surface area contributed by atoms with E-state index >= 15 is 0 Å². The maximum atomic E-state index is 12.5. The Kier molecular flexibility index (Phi) is 2.96. The molecular weight excluding hydrogens is 228 g/mol. The molecule has 0 radical (unpaired) electrons. The Morgan fingerprint density at radius 1 is 1.44 bits per heavy atom. The number of carbonyl (C=O) groups excluding carboxylic acids is 1. The first-order valence-electron chi connectivity index (χ1n) is 6.45. The van der Waals surface area contributed by atoms with Crippen LogP contribution in [0.5, 0.6) is 5.75 Å². The predicted octanol–water partition coefficient (Wildman–Crippen LogP) is 1.13. The maximum absolute atomic E-state index is 12.5. The molecule has 0 saturated carbocycles. The smallest absolute Gasteiger partial charge is 0.254 e. The van der Waals surface area contributed by atoms with Gasteiger partial charge >= 0.3 is 0 Å². The second-order valence-corrected chi connectivity index (χ2v) is 5.00. The maximum Gasteiger partial charge on any atom is 0.254 e. The standard InChI is InChI=1S/C14H18N2O2/c1-18-12-4-2-3-10(7-12)14(17)16-6-5-11-8-15-9-13(11)16/h2-4,7,11,13,15H,5-6,8-9H2,1H3/t11-,13+/m1/s1. The first-order chi connectivity index (χ1) is 8.79. The van der Waals surface area contributed by atoms with Crippen LogP contribution in [0.1, 0.15) is 16.8 Å². The van der Waals surface area contributed by atoms with E-state index in [1.165, 1.54) is 0 Å². The number of benzene rings is 1. The molecule has 1 aromatic carbocycles. The number of carbonyl (C=O) groups is 1. The lowest BCUT2D eigenvalue weighted by Gasteiger charge is -2.23. The third kappa shape index (κ3) is 1.86. The van der Waals surface area contributed by atoms with E-state index in [1.807, 2.05) is 29.2 Å². The summed E-state index contributed by atoms with van der Waals surface area (Å²) in [6.07, 6.45) is 1.12. The highest BCUT2D eigenvalue weighted by atomic mass is 16.5. The number of methoxy groups -OCH3 is 1. The van der Waals surface area contributed by atoms with Gasteiger partial charge in [-0.3, -0.25) is 4.79 Å². The summed E-state index contributed by atoms with van der Waals surface area (Å²) < 4.78 is 5.17. The highest BCUT2D eigenvalue weighted by molar-refractivity contribution is 5.95. The molecule has 3 rings (SSSR count). The molecule has 1 aromatic rings. The summed E-state index contributed by atoms with van der Waals surface area (Å²) in [6, 6.07) is 7.79. The Morgan fingerprint density at radius 3 is 3.17 bits per heavy atom. The molecule has 4 heteroatoms. The fourth-order valence-electron chi connectivity index (χ4n) is 3.02. The van der Waals surface area contributed by atoms with E-state index in [-0.39, 0.29) is 5.91 Å². The van der Waals surface area contributed by atoms with Gasteiger partial charge in [-0.15, -0.1) is 0 Å². The highest BCUT2D eigenvalue weighted by Crippen LogP contribution is 2.28. The van der Waals surface area contributed by atoms with Crippen molar-refractivity contribution in [3.63, 3.8) is 0 Å². The number of rotatable bonds is 2. The van der Waals surface area contributed by atoms with E-state index in [0.717, 1.165) is 37.4 Å². The number of amides is 1. The molecule has 18 heavy (non-hydrogen) atoms. The molecule has 2 heterocycles. The van der Waals surface area contributed by atoms with Gasteiger partial charge in [-0.2, -0.15) is 0 Å². The predicted molar refractivity (Wildman–Crippen MR) is 68.8 cm³/mol. The SMILES string of the molecule is COc1cccc(C(=O)N2CC[C@@H]3CNC[C@@H]32)c1. The molecule has 1 N–H and O–H groups in total. The first-order valence-corrected chi connectivity index (χ1v) is 6.45. The van der Waals surface area contributed by atoms with Gasteiger partial charge in [0.2, 0.25) is 0 Å². The topological polar surface area (TPSA) is 41.6 Å². The minimum atomic E-state index is 0.130. The fourth-order valence-corrected chi connectivity index (χ4v) is 3.02. The van der Waals surface area contributed by atoms with Gasteiger partial charge in [0.25, 0.3) is 5.91 Å². The summed E-state index contributed by atoms with van der Waals surface area (Å²) in [5.41, 5.74) is 0.724. The largest absolute Gasteiger partial charge is 0.497 e. The van der Waals surface area contributed by atoms with Crippen LogP contribution in [0.4, 0.5) is 0 Å². The molecule has 96 valence electrons. The van der Waals surface area contributed by atoms with Crippen LogP contribution < -0.4 is 10.1 Å². The van der Waals surface area contributed by atoms with Crippen LogP contribution in [0.15, 0.2) is 24.3 Å². The number of hydrogen-bond donors (Lipinski definition) is 1. The van der Waals surface area contributed by atoms with Gasteiger partial charge in [0, 0.05) is 31.2 Å². The summed E-state index contributed by atoms with van der Waals surface area (Å²) in [5, 5.41) is 3.36. The van der Waals surface area contributed by atoms with Crippen molar-refractivity contribution in [2.45, 2.75) is 12.5 Å². The Balaban J connectivity index is 1.81. The Bertz CT molecular complexity index is 461. The summed E-state index contributed by atoms with van der Waals surface area (Å²) in [7, 11) is 1.62. The fraction of sp³-hybridized carbons (Fsp3) is 0.500. The molecule has 0 bridgehead atoms. The van der Waals surface area contributed by atoms with Crippen molar-refractivity contribution >= 4 is 5.91 Å². The van der Waals surface area contributed by atoms with Crippen molar-refractivity contribution in [3.8, 4) is 5.75 Å². The number of nitrogens with zero attached hydrogens (tertiary/aromatic N) is 1. The van der Waals surface area contributed by atoms with Gasteiger partial charge in [-0.05, 0) is 30.5 Å². The lowest BCUT2D eigenvalue weighted by atomic mass is 10.0. The van der Waals surface area contributed by atoms with Crippen LogP contribution in [-0.2, 0) is 0 Å². The summed E-state index contributed by atoms with van der Waals surface area (Å²) in [5.74, 6) is 1.51. The second kappa shape index (κ2) is 4.61. The molecule has 2 aliphatic rings. The van der Waals surface area contributed by atoms with E-state index < -0.39 is 0 Å². The number of fused-ring (bicyclic) bond motifs is 1. The summed E-state index contributed by atoms with van der Waals surface area (Å²) >= 11 is 0. The lowest BCUT2D eigenvalue weighted by molar-refractivity contribution is 0.0736. The second-order valence-electron chi connectivity index (χ2n) is 5.00. The van der Waals surface area contributed by atoms with Gasteiger partial charge in [0.15, 0.2) is 0 Å². The van der Waals surface area contributed by atoms with Crippen molar-refractivity contribution in [2.24, 2.45) is 5.92 Å². The van der Waals surface area contributed by atoms with Gasteiger partial charge in [-0.25, -0.2) is 0 Å². The van der Waals surface area contributed by atoms with E-state index in [4.69, 9.17) is 4.74 Å². The third-order valence-corrected chi connectivity index (χ3v) is 4.02. The molecule has 0 unspecified atom stereocenters. The van der Waals surface area contributed by atoms with Crippen molar-refractivity contribution in [1.82, 2.24) is 10.2 Å². The molecule has 2 atom stereocenters. The van der Waals surface area contributed by atoms with Crippen LogP contribution in [-0.4, -0.2) is 43.6 Å². The molecule has 1 amide bonds. The van der Waals surface area contributed by atoms with Crippen LogP contribution in [0.2, 0.25) is 0 Å². The highest BCUT2D eigenvalue weighted by Gasteiger charge is 2.40. The van der Waals surface area contributed by atoms with Crippen molar-refractivity contribution in [3.05, 3.63) is 29.8 Å². The Morgan fingerprint density at radius 2 is 2.33 bits per heavy atom. The van der Waals surface area contributed by atoms with Gasteiger partial charge in [-0.1, -0.05) is 6.07 Å². The monoisotopic (exact) mass is 246 g/mol. The Labute approximate surface area is 107 Å². The minimum Gasteiger partial charge on any atom is -0.497 e. The summed E-state index contributed by atoms with van der Waals surface area (Å²) in [6.45, 7) is 2.86. The van der Waals surface area contributed by atoms with Gasteiger partial charge in [0.05, 0.1) is 7.11 Å². The van der Waals surface area contributed by atoms with Gasteiger partial charge in [0.1, 0.15) is 5.75 Å². The van der Waals surface area contributed by atoms with Crippen LogP contribution >= 0.6 is 0 Å². The molecule has 2 fully saturated rings.